The van der Waals surface area contributed by atoms with Crippen LogP contribution in [0.1, 0.15) is 24.1 Å². The normalized spacial score (nSPS) is 17.7. The smallest absolute Gasteiger partial charge is 0.143 e. The van der Waals surface area contributed by atoms with Gasteiger partial charge in [-0.25, -0.2) is 8.78 Å². The summed E-state index contributed by atoms with van der Waals surface area (Å²) in [5.41, 5.74) is 2.94. The molecule has 2 aliphatic heterocycles. The number of likely N-dealkylation sites (tertiary alicyclic amines) is 1. The first-order valence-corrected chi connectivity index (χ1v) is 9.95. The van der Waals surface area contributed by atoms with Crippen LogP contribution in [0.4, 0.5) is 14.5 Å². The number of nitrogens with zero attached hydrogens (tertiary/aromatic N) is 3. The molecule has 1 N–H and O–H groups in total. The number of benzene rings is 1. The molecule has 0 amide bonds. The van der Waals surface area contributed by atoms with Crippen molar-refractivity contribution in [2.45, 2.75) is 31.8 Å². The molecule has 4 rings (SSSR count). The van der Waals surface area contributed by atoms with Crippen LogP contribution in [0.15, 0.2) is 48.8 Å². The molecule has 148 valence electrons. The number of rotatable bonds is 6. The van der Waals surface area contributed by atoms with Gasteiger partial charge in [0.05, 0.1) is 17.6 Å². The predicted octanol–water partition coefficient (Wildman–Crippen LogP) is 3.49. The lowest BCUT2D eigenvalue weighted by molar-refractivity contribution is 0.201. The molecule has 6 heteroatoms. The Bertz CT molecular complexity index is 814. The number of halogens is 2. The van der Waals surface area contributed by atoms with Crippen LogP contribution in [-0.4, -0.2) is 42.1 Å². The van der Waals surface area contributed by atoms with Crippen LogP contribution in [0.3, 0.4) is 0 Å². The average Bonchev–Trinajstić information content (AvgIpc) is 2.72. The minimum absolute atomic E-state index is 0.193. The Morgan fingerprint density at radius 2 is 1.82 bits per heavy atom. The number of nitrogens with one attached hydrogen (secondary N) is 1. The first kappa shape index (κ1) is 19.0. The van der Waals surface area contributed by atoms with Gasteiger partial charge in [0.15, 0.2) is 0 Å². The third-order valence-corrected chi connectivity index (χ3v) is 5.57. The van der Waals surface area contributed by atoms with E-state index in [-0.39, 0.29) is 11.6 Å². The number of pyridine rings is 1. The number of piperidine rings is 1. The molecule has 0 aliphatic carbocycles. The highest BCUT2D eigenvalue weighted by molar-refractivity contribution is 5.56. The maximum absolute atomic E-state index is 13.6. The van der Waals surface area contributed by atoms with Crippen molar-refractivity contribution in [3.8, 4) is 0 Å². The zero-order valence-corrected chi connectivity index (χ0v) is 16.0. The van der Waals surface area contributed by atoms with Gasteiger partial charge in [0.1, 0.15) is 11.6 Å². The molecule has 3 heterocycles. The monoisotopic (exact) mass is 384 g/mol. The van der Waals surface area contributed by atoms with Crippen LogP contribution in [0.2, 0.25) is 0 Å². The lowest BCUT2D eigenvalue weighted by atomic mass is 10.0. The summed E-state index contributed by atoms with van der Waals surface area (Å²) >= 11 is 0. The molecule has 1 saturated heterocycles. The Hall–Kier alpha value is -2.31. The van der Waals surface area contributed by atoms with Crippen LogP contribution < -0.4 is 10.2 Å². The van der Waals surface area contributed by atoms with E-state index in [1.54, 1.807) is 6.07 Å². The van der Waals surface area contributed by atoms with Gasteiger partial charge < -0.3 is 15.1 Å². The average molecular weight is 384 g/mol. The van der Waals surface area contributed by atoms with Crippen LogP contribution in [0.5, 0.6) is 0 Å². The Morgan fingerprint density at radius 1 is 1.04 bits per heavy atom. The molecule has 4 nitrogen and oxygen atoms in total. The lowest BCUT2D eigenvalue weighted by Gasteiger charge is -2.34. The molecule has 1 fully saturated rings. The Morgan fingerprint density at radius 3 is 2.61 bits per heavy atom. The largest absolute Gasteiger partial charge is 0.345 e. The van der Waals surface area contributed by atoms with Gasteiger partial charge in [0.25, 0.3) is 0 Å². The molecule has 0 unspecified atom stereocenters. The number of anilines is 1. The summed E-state index contributed by atoms with van der Waals surface area (Å²) < 4.78 is 26.5. The van der Waals surface area contributed by atoms with E-state index < -0.39 is 0 Å². The van der Waals surface area contributed by atoms with Gasteiger partial charge in [-0.2, -0.15) is 0 Å². The van der Waals surface area contributed by atoms with E-state index in [9.17, 15) is 8.78 Å². The Labute approximate surface area is 164 Å². The molecule has 2 aromatic rings. The summed E-state index contributed by atoms with van der Waals surface area (Å²) in [6.07, 6.45) is 8.38. The predicted molar refractivity (Wildman–Crippen MR) is 107 cm³/mol. The molecule has 0 saturated carbocycles. The molecule has 0 bridgehead atoms. The second kappa shape index (κ2) is 8.80. The summed E-state index contributed by atoms with van der Waals surface area (Å²) in [4.78, 5) is 8.78. The minimum atomic E-state index is -0.285. The highest BCUT2D eigenvalue weighted by Crippen LogP contribution is 2.24. The third kappa shape index (κ3) is 4.75. The van der Waals surface area contributed by atoms with E-state index in [2.05, 4.69) is 26.2 Å². The van der Waals surface area contributed by atoms with Crippen LogP contribution in [0.25, 0.3) is 0 Å². The zero-order valence-electron chi connectivity index (χ0n) is 16.0. The quantitative estimate of drug-likeness (QED) is 0.826. The fourth-order valence-corrected chi connectivity index (χ4v) is 3.90. The van der Waals surface area contributed by atoms with Crippen molar-refractivity contribution in [1.29, 1.82) is 0 Å². The second-order valence-electron chi connectivity index (χ2n) is 7.52. The first-order chi connectivity index (χ1) is 13.7. The highest BCUT2D eigenvalue weighted by Gasteiger charge is 2.20. The van der Waals surface area contributed by atoms with Gasteiger partial charge in [-0.3, -0.25) is 4.98 Å². The van der Waals surface area contributed by atoms with Gasteiger partial charge >= 0.3 is 0 Å². The molecule has 28 heavy (non-hydrogen) atoms. The first-order valence-electron chi connectivity index (χ1n) is 9.95. The van der Waals surface area contributed by atoms with Gasteiger partial charge in [0.2, 0.25) is 0 Å². The van der Waals surface area contributed by atoms with Crippen molar-refractivity contribution in [2.75, 3.05) is 31.1 Å². The van der Waals surface area contributed by atoms with Crippen molar-refractivity contribution in [3.63, 3.8) is 0 Å². The van der Waals surface area contributed by atoms with E-state index in [4.69, 9.17) is 0 Å². The number of hydrogen-bond acceptors (Lipinski definition) is 4. The summed E-state index contributed by atoms with van der Waals surface area (Å²) in [5.74, 6) is -0.478. The van der Waals surface area contributed by atoms with Gasteiger partial charge in [-0.05, 0) is 43.6 Å². The lowest BCUT2D eigenvalue weighted by Crippen LogP contribution is -2.44. The maximum atomic E-state index is 13.6. The summed E-state index contributed by atoms with van der Waals surface area (Å²) in [5, 5.41) is 3.58. The van der Waals surface area contributed by atoms with Gasteiger partial charge in [-0.1, -0.05) is 18.2 Å². The van der Waals surface area contributed by atoms with Gasteiger partial charge in [-0.15, -0.1) is 0 Å². The fourth-order valence-electron chi connectivity index (χ4n) is 3.90. The molecular weight excluding hydrogens is 358 g/mol. The second-order valence-corrected chi connectivity index (χ2v) is 7.52. The molecule has 0 radical (unpaired) electrons. The summed E-state index contributed by atoms with van der Waals surface area (Å²) in [7, 11) is 0. The van der Waals surface area contributed by atoms with E-state index in [1.165, 1.54) is 18.3 Å². The zero-order chi connectivity index (χ0) is 19.3. The number of allylic oxidation sites excluding steroid dienone is 1. The topological polar surface area (TPSA) is 31.4 Å². The van der Waals surface area contributed by atoms with E-state index in [0.29, 0.717) is 6.04 Å². The Kier molecular flexibility index (Phi) is 5.98. The molecule has 0 atom stereocenters. The van der Waals surface area contributed by atoms with Crippen molar-refractivity contribution in [2.24, 2.45) is 0 Å². The van der Waals surface area contributed by atoms with Crippen molar-refractivity contribution in [1.82, 2.24) is 15.2 Å². The van der Waals surface area contributed by atoms with Crippen LogP contribution in [-0.2, 0) is 13.0 Å². The maximum Gasteiger partial charge on any atom is 0.143 e. The van der Waals surface area contributed by atoms with E-state index in [0.717, 1.165) is 68.9 Å². The minimum Gasteiger partial charge on any atom is -0.345 e. The molecule has 1 aromatic carbocycles. The van der Waals surface area contributed by atoms with Crippen molar-refractivity contribution < 1.29 is 8.78 Å². The fraction of sp³-hybridized carbons (Fsp3) is 0.409. The van der Waals surface area contributed by atoms with Crippen LogP contribution >= 0.6 is 0 Å². The highest BCUT2D eigenvalue weighted by atomic mass is 19.1. The van der Waals surface area contributed by atoms with Crippen LogP contribution in [0, 0.1) is 11.6 Å². The molecular formula is C22H26F2N4. The number of aromatic nitrogens is 1. The van der Waals surface area contributed by atoms with Crippen molar-refractivity contribution >= 4 is 5.69 Å². The summed E-state index contributed by atoms with van der Waals surface area (Å²) in [6.45, 7) is 4.66. The summed E-state index contributed by atoms with van der Waals surface area (Å²) in [6, 6.07) is 8.76. The van der Waals surface area contributed by atoms with Gasteiger partial charge in [0, 0.05) is 44.4 Å². The van der Waals surface area contributed by atoms with E-state index in [1.807, 2.05) is 18.3 Å². The molecule has 2 aliphatic rings. The number of hydrogen-bond donors (Lipinski definition) is 1. The van der Waals surface area contributed by atoms with Crippen molar-refractivity contribution in [3.05, 3.63) is 71.7 Å². The standard InChI is InChI=1S/C22H26F2N4/c23-18-5-3-17(4-6-18)15-25-20-7-10-27(11-8-20)12-13-28-9-1-2-21-22(28)14-19(24)16-26-21/h1,3-6,9,14,16,20,25H,2,7-8,10-13,15H2. The molecule has 0 spiro atoms. The molecule has 1 aromatic heterocycles. The van der Waals surface area contributed by atoms with E-state index >= 15 is 0 Å². The number of fused-ring (bicyclic) bond motifs is 1. The SMILES string of the molecule is Fc1ccc(CNC2CCN(CCN3C=CCc4ncc(F)cc43)CC2)cc1. The Balaban J connectivity index is 1.22. The third-order valence-electron chi connectivity index (χ3n) is 5.57.